The van der Waals surface area contributed by atoms with Crippen LogP contribution in [0.5, 0.6) is 5.75 Å². The lowest BCUT2D eigenvalue weighted by Crippen LogP contribution is -2.23. The second kappa shape index (κ2) is 9.14. The largest absolute Gasteiger partial charge is 0.497 e. The molecule has 0 saturated heterocycles. The molecule has 0 aliphatic heterocycles. The maximum atomic E-state index is 11.8. The number of likely N-dealkylation sites (N-methyl/N-ethyl adjacent to an activating group) is 1. The summed E-state index contributed by atoms with van der Waals surface area (Å²) in [6.07, 6.45) is 4.97. The fourth-order valence-corrected chi connectivity index (χ4v) is 3.61. The summed E-state index contributed by atoms with van der Waals surface area (Å²) in [4.78, 5) is 13.9. The number of rotatable bonds is 9. The van der Waals surface area contributed by atoms with Crippen molar-refractivity contribution in [3.05, 3.63) is 65.4 Å². The number of hydrogen-bond acceptors (Lipinski definition) is 3. The normalized spacial score (nSPS) is 12.4. The number of methoxy groups -OCH3 is 1. The van der Waals surface area contributed by atoms with Crippen molar-refractivity contribution in [2.75, 3.05) is 27.7 Å². The lowest BCUT2D eigenvalue weighted by molar-refractivity contribution is -0.120. The molecule has 3 aromatic rings. The molecule has 1 unspecified atom stereocenters. The van der Waals surface area contributed by atoms with Crippen LogP contribution in [0.25, 0.3) is 10.9 Å². The zero-order valence-corrected chi connectivity index (χ0v) is 17.8. The molecule has 0 aliphatic carbocycles. The molecule has 154 valence electrons. The van der Waals surface area contributed by atoms with E-state index in [1.54, 1.807) is 7.11 Å². The summed E-state index contributed by atoms with van der Waals surface area (Å²) in [5.74, 6) is 0.565. The van der Waals surface area contributed by atoms with Crippen LogP contribution >= 0.6 is 0 Å². The molecule has 0 fully saturated rings. The number of hydrogen-bond donors (Lipinski definition) is 1. The maximum Gasteiger partial charge on any atom is 0.240 e. The lowest BCUT2D eigenvalue weighted by Gasteiger charge is -2.11. The minimum absolute atomic E-state index is 0.315. The van der Waals surface area contributed by atoms with Crippen LogP contribution in [0.1, 0.15) is 29.7 Å². The Morgan fingerprint density at radius 1 is 1.07 bits per heavy atom. The minimum Gasteiger partial charge on any atom is -0.497 e. The summed E-state index contributed by atoms with van der Waals surface area (Å²) < 4.78 is 7.24. The molecule has 1 amide bonds. The number of aryl methyl sites for hydroxylation is 2. The second-order valence-electron chi connectivity index (χ2n) is 7.89. The highest BCUT2D eigenvalue weighted by atomic mass is 16.5. The van der Waals surface area contributed by atoms with E-state index in [1.165, 1.54) is 22.1 Å². The Labute approximate surface area is 173 Å². The summed E-state index contributed by atoms with van der Waals surface area (Å²) in [6, 6.07) is 14.4. The Bertz CT molecular complexity index is 974. The van der Waals surface area contributed by atoms with E-state index in [0.717, 1.165) is 37.1 Å². The van der Waals surface area contributed by atoms with Crippen LogP contribution in [0.4, 0.5) is 0 Å². The van der Waals surface area contributed by atoms with Gasteiger partial charge >= 0.3 is 0 Å². The summed E-state index contributed by atoms with van der Waals surface area (Å²) in [6.45, 7) is 2.81. The molecule has 29 heavy (non-hydrogen) atoms. The third kappa shape index (κ3) is 4.98. The molecule has 2 N–H and O–H groups in total. The lowest BCUT2D eigenvalue weighted by atomic mass is 10.0. The summed E-state index contributed by atoms with van der Waals surface area (Å²) in [7, 11) is 5.83. The molecule has 3 rings (SSSR count). The molecule has 1 aromatic heterocycles. The second-order valence-corrected chi connectivity index (χ2v) is 7.89. The quantitative estimate of drug-likeness (QED) is 0.604. The van der Waals surface area contributed by atoms with Crippen LogP contribution in [0, 0.1) is 0 Å². The standard InChI is InChI=1S/C24H31N3O2/c1-17(24(25)28)27-16-20(13-14-26(2)3)22-15-19(9-12-23(22)27)6-5-18-7-10-21(29-4)11-8-18/h7-12,15-17H,5-6,13-14H2,1-4H3,(H2,25,28). The predicted octanol–water partition coefficient (Wildman–Crippen LogP) is 3.59. The van der Waals surface area contributed by atoms with E-state index in [1.807, 2.05) is 23.6 Å². The van der Waals surface area contributed by atoms with E-state index in [4.69, 9.17) is 10.5 Å². The number of aromatic nitrogens is 1. The van der Waals surface area contributed by atoms with E-state index < -0.39 is 0 Å². The average molecular weight is 394 g/mol. The van der Waals surface area contributed by atoms with E-state index in [9.17, 15) is 4.79 Å². The molecule has 0 saturated carbocycles. The van der Waals surface area contributed by atoms with Crippen LogP contribution in [0.2, 0.25) is 0 Å². The van der Waals surface area contributed by atoms with Gasteiger partial charge in [0, 0.05) is 23.6 Å². The van der Waals surface area contributed by atoms with Crippen molar-refractivity contribution in [2.24, 2.45) is 5.73 Å². The Hall–Kier alpha value is -2.79. The Morgan fingerprint density at radius 2 is 1.72 bits per heavy atom. The van der Waals surface area contributed by atoms with Crippen molar-refractivity contribution in [1.29, 1.82) is 0 Å². The van der Waals surface area contributed by atoms with Gasteiger partial charge in [-0.15, -0.1) is 0 Å². The van der Waals surface area contributed by atoms with Crippen molar-refractivity contribution in [2.45, 2.75) is 32.2 Å². The van der Waals surface area contributed by atoms with Crippen LogP contribution in [-0.2, 0) is 24.1 Å². The van der Waals surface area contributed by atoms with Gasteiger partial charge in [0.15, 0.2) is 0 Å². The van der Waals surface area contributed by atoms with Gasteiger partial charge in [0.05, 0.1) is 7.11 Å². The van der Waals surface area contributed by atoms with Crippen molar-refractivity contribution in [1.82, 2.24) is 9.47 Å². The molecule has 0 bridgehead atoms. The van der Waals surface area contributed by atoms with Gasteiger partial charge in [0.2, 0.25) is 5.91 Å². The highest BCUT2D eigenvalue weighted by molar-refractivity contribution is 5.88. The number of nitrogens with zero attached hydrogens (tertiary/aromatic N) is 2. The Morgan fingerprint density at radius 3 is 2.34 bits per heavy atom. The number of nitrogens with two attached hydrogens (primary N) is 1. The van der Waals surface area contributed by atoms with Crippen LogP contribution in [0.3, 0.4) is 0 Å². The van der Waals surface area contributed by atoms with Crippen molar-refractivity contribution >= 4 is 16.8 Å². The van der Waals surface area contributed by atoms with Gasteiger partial charge in [-0.2, -0.15) is 0 Å². The highest BCUT2D eigenvalue weighted by Gasteiger charge is 2.17. The van der Waals surface area contributed by atoms with Crippen molar-refractivity contribution in [3.63, 3.8) is 0 Å². The monoisotopic (exact) mass is 393 g/mol. The number of primary amides is 1. The predicted molar refractivity (Wildman–Crippen MR) is 119 cm³/mol. The first kappa shape index (κ1) is 20.9. The smallest absolute Gasteiger partial charge is 0.240 e. The zero-order valence-electron chi connectivity index (χ0n) is 17.8. The van der Waals surface area contributed by atoms with Gasteiger partial charge in [-0.05, 0) is 81.2 Å². The number of benzene rings is 2. The molecule has 1 atom stereocenters. The molecular weight excluding hydrogens is 362 g/mol. The van der Waals surface area contributed by atoms with E-state index in [-0.39, 0.29) is 11.9 Å². The molecule has 5 nitrogen and oxygen atoms in total. The fraction of sp³-hybridized carbons (Fsp3) is 0.375. The van der Waals surface area contributed by atoms with Gasteiger partial charge in [0.25, 0.3) is 0 Å². The first-order valence-corrected chi connectivity index (χ1v) is 10.1. The first-order valence-electron chi connectivity index (χ1n) is 10.1. The van der Waals surface area contributed by atoms with Gasteiger partial charge in [-0.1, -0.05) is 18.2 Å². The summed E-state index contributed by atoms with van der Waals surface area (Å²) >= 11 is 0. The fourth-order valence-electron chi connectivity index (χ4n) is 3.61. The van der Waals surface area contributed by atoms with E-state index >= 15 is 0 Å². The van der Waals surface area contributed by atoms with E-state index in [2.05, 4.69) is 55.5 Å². The summed E-state index contributed by atoms with van der Waals surface area (Å²) in [5, 5.41) is 1.21. The number of fused-ring (bicyclic) bond motifs is 1. The minimum atomic E-state index is -0.365. The first-order chi connectivity index (χ1) is 13.9. The number of carbonyl (C=O) groups is 1. The molecule has 1 heterocycles. The molecule has 0 aliphatic rings. The van der Waals surface area contributed by atoms with Crippen molar-refractivity contribution in [3.8, 4) is 5.75 Å². The Balaban J connectivity index is 1.87. The number of amides is 1. The van der Waals surface area contributed by atoms with Gasteiger partial charge in [0.1, 0.15) is 11.8 Å². The van der Waals surface area contributed by atoms with Gasteiger partial charge < -0.3 is 19.9 Å². The Kier molecular flexibility index (Phi) is 6.60. The van der Waals surface area contributed by atoms with Crippen LogP contribution < -0.4 is 10.5 Å². The average Bonchev–Trinajstić information content (AvgIpc) is 3.08. The highest BCUT2D eigenvalue weighted by Crippen LogP contribution is 2.27. The molecular formula is C24H31N3O2. The van der Waals surface area contributed by atoms with Gasteiger partial charge in [-0.25, -0.2) is 0 Å². The maximum absolute atomic E-state index is 11.8. The van der Waals surface area contributed by atoms with Crippen LogP contribution in [-0.4, -0.2) is 43.1 Å². The number of ether oxygens (including phenoxy) is 1. The van der Waals surface area contributed by atoms with Crippen LogP contribution in [0.15, 0.2) is 48.7 Å². The molecule has 0 radical (unpaired) electrons. The summed E-state index contributed by atoms with van der Waals surface area (Å²) in [5.41, 5.74) is 10.5. The van der Waals surface area contributed by atoms with E-state index in [0.29, 0.717) is 0 Å². The SMILES string of the molecule is COc1ccc(CCc2ccc3c(c2)c(CCN(C)C)cn3C(C)C(N)=O)cc1. The molecule has 0 spiro atoms. The third-order valence-electron chi connectivity index (χ3n) is 5.50. The molecule has 5 heteroatoms. The zero-order chi connectivity index (χ0) is 21.0. The number of carbonyl (C=O) groups excluding carboxylic acids is 1. The molecule has 2 aromatic carbocycles. The third-order valence-corrected chi connectivity index (χ3v) is 5.50. The topological polar surface area (TPSA) is 60.5 Å². The van der Waals surface area contributed by atoms with Crippen molar-refractivity contribution < 1.29 is 9.53 Å². The van der Waals surface area contributed by atoms with Gasteiger partial charge in [-0.3, -0.25) is 4.79 Å².